The van der Waals surface area contributed by atoms with E-state index in [9.17, 15) is 14.9 Å². The number of nitriles is 1. The number of thiophene rings is 1. The zero-order valence-corrected chi connectivity index (χ0v) is 14.7. The molecule has 1 aromatic heterocycles. The fourth-order valence-electron chi connectivity index (χ4n) is 3.36. The lowest BCUT2D eigenvalue weighted by molar-refractivity contribution is -0.130. The van der Waals surface area contributed by atoms with E-state index in [1.165, 1.54) is 4.88 Å². The first-order valence-corrected chi connectivity index (χ1v) is 9.22. The monoisotopic (exact) mass is 346 g/mol. The molecule has 0 atom stereocenters. The van der Waals surface area contributed by atoms with Crippen LogP contribution in [-0.2, 0) is 22.4 Å². The second kappa shape index (κ2) is 7.32. The van der Waals surface area contributed by atoms with E-state index >= 15 is 0 Å². The Balaban J connectivity index is 1.59. The Morgan fingerprint density at radius 1 is 1.21 bits per heavy atom. The van der Waals surface area contributed by atoms with Crippen molar-refractivity contribution in [3.8, 4) is 6.07 Å². The topological polar surface area (TPSA) is 76.4 Å². The molecule has 2 aliphatic rings. The smallest absolute Gasteiger partial charge is 0.239 e. The Morgan fingerprint density at radius 3 is 2.58 bits per heavy atom. The molecule has 1 aliphatic carbocycles. The van der Waals surface area contributed by atoms with Gasteiger partial charge in [0.25, 0.3) is 0 Å². The summed E-state index contributed by atoms with van der Waals surface area (Å²) in [6.45, 7) is 4.63. The normalized spacial score (nSPS) is 17.9. The van der Waals surface area contributed by atoms with Gasteiger partial charge in [-0.1, -0.05) is 0 Å². The van der Waals surface area contributed by atoms with Crippen molar-refractivity contribution in [1.29, 1.82) is 5.26 Å². The van der Waals surface area contributed by atoms with Gasteiger partial charge in [-0.3, -0.25) is 14.5 Å². The Kier molecular flexibility index (Phi) is 5.17. The third-order valence-electron chi connectivity index (χ3n) is 4.72. The van der Waals surface area contributed by atoms with Gasteiger partial charge >= 0.3 is 0 Å². The molecule has 0 spiro atoms. The second-order valence-electron chi connectivity index (χ2n) is 6.36. The van der Waals surface area contributed by atoms with Crippen LogP contribution in [0.4, 0.5) is 5.00 Å². The average molecular weight is 346 g/mol. The molecule has 0 aromatic carbocycles. The second-order valence-corrected chi connectivity index (χ2v) is 7.46. The van der Waals surface area contributed by atoms with E-state index in [0.29, 0.717) is 43.3 Å². The number of fused-ring (bicyclic) bond motifs is 1. The van der Waals surface area contributed by atoms with E-state index in [2.05, 4.69) is 11.4 Å². The first-order valence-electron chi connectivity index (χ1n) is 8.41. The van der Waals surface area contributed by atoms with Crippen LogP contribution in [-0.4, -0.2) is 54.3 Å². The summed E-state index contributed by atoms with van der Waals surface area (Å²) in [5.41, 5.74) is 1.79. The third kappa shape index (κ3) is 3.60. The number of carbonyl (C=O) groups is 2. The van der Waals surface area contributed by atoms with E-state index in [4.69, 9.17) is 0 Å². The Bertz CT molecular complexity index is 683. The van der Waals surface area contributed by atoms with Crippen LogP contribution in [0.3, 0.4) is 0 Å². The van der Waals surface area contributed by atoms with Crippen molar-refractivity contribution in [2.75, 3.05) is 38.0 Å². The summed E-state index contributed by atoms with van der Waals surface area (Å²) in [6, 6.07) is 2.27. The van der Waals surface area contributed by atoms with Crippen molar-refractivity contribution in [2.45, 2.75) is 32.6 Å². The fraction of sp³-hybridized carbons (Fsp3) is 0.588. The van der Waals surface area contributed by atoms with Gasteiger partial charge in [-0.05, 0) is 31.2 Å². The van der Waals surface area contributed by atoms with Crippen molar-refractivity contribution < 1.29 is 9.59 Å². The lowest BCUT2D eigenvalue weighted by atomic mass is 9.96. The molecule has 1 aromatic rings. The molecule has 0 bridgehead atoms. The summed E-state index contributed by atoms with van der Waals surface area (Å²) in [4.78, 5) is 28.8. The lowest BCUT2D eigenvalue weighted by Gasteiger charge is -2.33. The molecular weight excluding hydrogens is 324 g/mol. The largest absolute Gasteiger partial charge is 0.340 e. The number of anilines is 1. The van der Waals surface area contributed by atoms with E-state index in [-0.39, 0.29) is 11.8 Å². The predicted molar refractivity (Wildman–Crippen MR) is 93.0 cm³/mol. The van der Waals surface area contributed by atoms with Crippen LogP contribution in [0.5, 0.6) is 0 Å². The van der Waals surface area contributed by atoms with E-state index in [0.717, 1.165) is 31.2 Å². The van der Waals surface area contributed by atoms with Gasteiger partial charge in [-0.15, -0.1) is 11.3 Å². The molecule has 1 aliphatic heterocycles. The molecule has 0 saturated carbocycles. The highest BCUT2D eigenvalue weighted by Crippen LogP contribution is 2.37. The maximum absolute atomic E-state index is 12.3. The van der Waals surface area contributed by atoms with Crippen LogP contribution in [0.15, 0.2) is 0 Å². The van der Waals surface area contributed by atoms with Gasteiger partial charge in [0.15, 0.2) is 0 Å². The maximum atomic E-state index is 12.3. The van der Waals surface area contributed by atoms with Gasteiger partial charge in [0, 0.05) is 38.0 Å². The Morgan fingerprint density at radius 2 is 1.92 bits per heavy atom. The molecular formula is C17H22N4O2S. The summed E-state index contributed by atoms with van der Waals surface area (Å²) in [5, 5.41) is 13.1. The Labute approximate surface area is 146 Å². The summed E-state index contributed by atoms with van der Waals surface area (Å²) in [5.74, 6) is 0.00306. The minimum absolute atomic E-state index is 0.0821. The van der Waals surface area contributed by atoms with Crippen molar-refractivity contribution in [2.24, 2.45) is 0 Å². The molecule has 2 heterocycles. The van der Waals surface area contributed by atoms with Gasteiger partial charge in [-0.25, -0.2) is 0 Å². The average Bonchev–Trinajstić information content (AvgIpc) is 2.92. The highest BCUT2D eigenvalue weighted by atomic mass is 32.1. The number of carbonyl (C=O) groups excluding carboxylic acids is 2. The highest BCUT2D eigenvalue weighted by molar-refractivity contribution is 7.16. The number of rotatable bonds is 3. The molecule has 24 heavy (non-hydrogen) atoms. The quantitative estimate of drug-likeness (QED) is 0.902. The molecule has 0 radical (unpaired) electrons. The number of hydrogen-bond acceptors (Lipinski definition) is 5. The van der Waals surface area contributed by atoms with Gasteiger partial charge < -0.3 is 10.2 Å². The molecule has 3 rings (SSSR count). The number of nitrogens with one attached hydrogen (secondary N) is 1. The molecule has 6 nitrogen and oxygen atoms in total. The van der Waals surface area contributed by atoms with Crippen molar-refractivity contribution in [3.63, 3.8) is 0 Å². The van der Waals surface area contributed by atoms with Crippen LogP contribution >= 0.6 is 11.3 Å². The summed E-state index contributed by atoms with van der Waals surface area (Å²) in [7, 11) is 0. The molecule has 128 valence electrons. The minimum Gasteiger partial charge on any atom is -0.340 e. The van der Waals surface area contributed by atoms with Crippen LogP contribution in [0.1, 0.15) is 35.8 Å². The van der Waals surface area contributed by atoms with Gasteiger partial charge in [0.05, 0.1) is 12.1 Å². The third-order valence-corrected chi connectivity index (χ3v) is 5.93. The van der Waals surface area contributed by atoms with Crippen molar-refractivity contribution >= 4 is 28.2 Å². The number of piperazine rings is 1. The van der Waals surface area contributed by atoms with Crippen molar-refractivity contribution in [1.82, 2.24) is 9.80 Å². The molecule has 1 N–H and O–H groups in total. The SMILES string of the molecule is CC(=O)N1CCN(CC(=O)Nc2sc3c(c2C#N)CCCC3)CC1. The van der Waals surface area contributed by atoms with Crippen LogP contribution in [0.25, 0.3) is 0 Å². The fourth-order valence-corrected chi connectivity index (χ4v) is 4.62. The van der Waals surface area contributed by atoms with Gasteiger partial charge in [0.1, 0.15) is 11.1 Å². The molecule has 7 heteroatoms. The maximum Gasteiger partial charge on any atom is 0.239 e. The first-order chi connectivity index (χ1) is 11.6. The first kappa shape index (κ1) is 16.9. The van der Waals surface area contributed by atoms with Gasteiger partial charge in [-0.2, -0.15) is 5.26 Å². The van der Waals surface area contributed by atoms with E-state index in [1.807, 2.05) is 4.90 Å². The van der Waals surface area contributed by atoms with E-state index < -0.39 is 0 Å². The van der Waals surface area contributed by atoms with Gasteiger partial charge in [0.2, 0.25) is 11.8 Å². The van der Waals surface area contributed by atoms with Crippen LogP contribution in [0, 0.1) is 11.3 Å². The summed E-state index contributed by atoms with van der Waals surface area (Å²) in [6.07, 6.45) is 4.23. The number of amides is 2. The number of nitrogens with zero attached hydrogens (tertiary/aromatic N) is 3. The van der Waals surface area contributed by atoms with Crippen LogP contribution in [0.2, 0.25) is 0 Å². The minimum atomic E-state index is -0.0821. The van der Waals surface area contributed by atoms with E-state index in [1.54, 1.807) is 23.2 Å². The molecule has 2 amide bonds. The zero-order chi connectivity index (χ0) is 17.1. The molecule has 0 unspecified atom stereocenters. The number of aryl methyl sites for hydroxylation is 1. The lowest BCUT2D eigenvalue weighted by Crippen LogP contribution is -2.49. The molecule has 1 saturated heterocycles. The number of hydrogen-bond donors (Lipinski definition) is 1. The summed E-state index contributed by atoms with van der Waals surface area (Å²) < 4.78 is 0. The summed E-state index contributed by atoms with van der Waals surface area (Å²) >= 11 is 1.56. The zero-order valence-electron chi connectivity index (χ0n) is 13.9. The Hall–Kier alpha value is -1.91. The van der Waals surface area contributed by atoms with Crippen LogP contribution < -0.4 is 5.32 Å². The van der Waals surface area contributed by atoms with Crippen molar-refractivity contribution in [3.05, 3.63) is 16.0 Å². The standard InChI is InChI=1S/C17H22N4O2S/c1-12(22)21-8-6-20(7-9-21)11-16(23)19-17-14(10-18)13-4-2-3-5-15(13)24-17/h2-9,11H2,1H3,(H,19,23). The molecule has 1 fully saturated rings. The highest BCUT2D eigenvalue weighted by Gasteiger charge is 2.24. The predicted octanol–water partition coefficient (Wildman–Crippen LogP) is 1.60.